The van der Waals surface area contributed by atoms with E-state index in [0.29, 0.717) is 30.9 Å². The quantitative estimate of drug-likeness (QED) is 0.463. The van der Waals surface area contributed by atoms with Gasteiger partial charge in [-0.15, -0.1) is 0 Å². The number of rotatable bonds is 6. The number of nitrogens with zero attached hydrogens (tertiary/aromatic N) is 3. The first-order valence-electron chi connectivity index (χ1n) is 10.1. The van der Waals surface area contributed by atoms with Crippen molar-refractivity contribution in [1.29, 1.82) is 0 Å². The van der Waals surface area contributed by atoms with Gasteiger partial charge >= 0.3 is 0 Å². The molecule has 0 radical (unpaired) electrons. The molecule has 1 aromatic carbocycles. The molecule has 6 heteroatoms. The van der Waals surface area contributed by atoms with Gasteiger partial charge in [-0.3, -0.25) is 4.99 Å². The first kappa shape index (κ1) is 20.8. The second kappa shape index (κ2) is 8.21. The molecule has 154 valence electrons. The van der Waals surface area contributed by atoms with Gasteiger partial charge in [-0.05, 0) is 29.5 Å². The number of hydrogen-bond acceptors (Lipinski definition) is 6. The van der Waals surface area contributed by atoms with Crippen molar-refractivity contribution in [3.8, 4) is 0 Å². The van der Waals surface area contributed by atoms with E-state index in [9.17, 15) is 0 Å². The summed E-state index contributed by atoms with van der Waals surface area (Å²) in [7, 11) is 0. The van der Waals surface area contributed by atoms with Gasteiger partial charge in [0.15, 0.2) is 6.29 Å². The highest BCUT2D eigenvalue weighted by atomic mass is 16.7. The molecule has 2 N–H and O–H groups in total. The smallest absolute Gasteiger partial charge is 0.176 e. The third-order valence-corrected chi connectivity index (χ3v) is 5.28. The van der Waals surface area contributed by atoms with Crippen LogP contribution in [0.1, 0.15) is 45.7 Å². The van der Waals surface area contributed by atoms with E-state index in [4.69, 9.17) is 15.3 Å². The first-order valence-corrected chi connectivity index (χ1v) is 10.1. The van der Waals surface area contributed by atoms with Crippen LogP contribution in [0.5, 0.6) is 0 Å². The van der Waals surface area contributed by atoms with Crippen LogP contribution in [0.15, 0.2) is 28.3 Å². The molecule has 0 amide bonds. The molecule has 2 aliphatic rings. The van der Waals surface area contributed by atoms with Crippen LogP contribution in [0.4, 0.5) is 5.69 Å². The SMILES string of the molecule is CCc1cc(N2CC(C)(C)C2)ccc1/C(C=NCC1OCC(C)(C)CO1)=N/N. The Balaban J connectivity index is 1.65. The van der Waals surface area contributed by atoms with Crippen molar-refractivity contribution in [1.82, 2.24) is 0 Å². The lowest BCUT2D eigenvalue weighted by molar-refractivity contribution is -0.215. The van der Waals surface area contributed by atoms with Gasteiger partial charge in [-0.1, -0.05) is 40.7 Å². The van der Waals surface area contributed by atoms with Crippen LogP contribution in [-0.4, -0.2) is 51.1 Å². The summed E-state index contributed by atoms with van der Waals surface area (Å²) in [5.74, 6) is 5.68. The lowest BCUT2D eigenvalue weighted by Crippen LogP contribution is -2.53. The van der Waals surface area contributed by atoms with Crippen LogP contribution >= 0.6 is 0 Å². The minimum absolute atomic E-state index is 0.0630. The van der Waals surface area contributed by atoms with Crippen molar-refractivity contribution in [3.05, 3.63) is 29.3 Å². The largest absolute Gasteiger partial charge is 0.370 e. The van der Waals surface area contributed by atoms with Crippen molar-refractivity contribution < 1.29 is 9.47 Å². The van der Waals surface area contributed by atoms with Crippen molar-refractivity contribution in [3.63, 3.8) is 0 Å². The minimum atomic E-state index is -0.300. The summed E-state index contributed by atoms with van der Waals surface area (Å²) >= 11 is 0. The van der Waals surface area contributed by atoms with E-state index in [0.717, 1.165) is 25.1 Å². The molecular weight excluding hydrogens is 352 g/mol. The van der Waals surface area contributed by atoms with E-state index in [2.05, 4.69) is 67.8 Å². The van der Waals surface area contributed by atoms with Gasteiger partial charge in [-0.2, -0.15) is 5.10 Å². The van der Waals surface area contributed by atoms with Crippen molar-refractivity contribution in [2.75, 3.05) is 37.7 Å². The number of nitrogens with two attached hydrogens (primary N) is 1. The Labute approximate surface area is 168 Å². The zero-order valence-corrected chi connectivity index (χ0v) is 17.9. The minimum Gasteiger partial charge on any atom is -0.370 e. The molecule has 0 aliphatic carbocycles. The topological polar surface area (TPSA) is 72.4 Å². The summed E-state index contributed by atoms with van der Waals surface area (Å²) in [5, 5.41) is 3.98. The van der Waals surface area contributed by atoms with Crippen molar-refractivity contribution in [2.24, 2.45) is 26.8 Å². The third kappa shape index (κ3) is 4.92. The molecule has 1 aromatic rings. The molecule has 0 aromatic heterocycles. The van der Waals surface area contributed by atoms with Gasteiger partial charge in [0.05, 0.1) is 19.8 Å². The number of aliphatic imine (C=N–C) groups is 1. The van der Waals surface area contributed by atoms with Gasteiger partial charge in [0, 0.05) is 36.0 Å². The number of anilines is 1. The lowest BCUT2D eigenvalue weighted by Gasteiger charge is -2.47. The molecule has 6 nitrogen and oxygen atoms in total. The molecule has 2 fully saturated rings. The Morgan fingerprint density at radius 1 is 1.18 bits per heavy atom. The van der Waals surface area contributed by atoms with Crippen molar-refractivity contribution in [2.45, 2.75) is 47.3 Å². The highest BCUT2D eigenvalue weighted by molar-refractivity contribution is 6.38. The molecule has 0 bridgehead atoms. The molecule has 0 saturated carbocycles. The van der Waals surface area contributed by atoms with Gasteiger partial charge in [0.2, 0.25) is 0 Å². The van der Waals surface area contributed by atoms with Crippen molar-refractivity contribution >= 4 is 17.6 Å². The van der Waals surface area contributed by atoms with Crippen LogP contribution in [0.25, 0.3) is 0 Å². The molecule has 2 saturated heterocycles. The second-order valence-corrected chi connectivity index (χ2v) is 9.44. The van der Waals surface area contributed by atoms with Crippen LogP contribution in [0.3, 0.4) is 0 Å². The molecule has 2 heterocycles. The van der Waals surface area contributed by atoms with E-state index >= 15 is 0 Å². The van der Waals surface area contributed by atoms with E-state index in [1.54, 1.807) is 6.21 Å². The highest BCUT2D eigenvalue weighted by Crippen LogP contribution is 2.34. The van der Waals surface area contributed by atoms with E-state index in [1.807, 2.05) is 0 Å². The maximum absolute atomic E-state index is 5.72. The average Bonchev–Trinajstić information content (AvgIpc) is 2.64. The Morgan fingerprint density at radius 2 is 1.86 bits per heavy atom. The van der Waals surface area contributed by atoms with E-state index in [1.165, 1.54) is 11.3 Å². The lowest BCUT2D eigenvalue weighted by atomic mass is 9.83. The van der Waals surface area contributed by atoms with Gasteiger partial charge < -0.3 is 20.2 Å². The van der Waals surface area contributed by atoms with Gasteiger partial charge in [-0.25, -0.2) is 0 Å². The van der Waals surface area contributed by atoms with Crippen LogP contribution < -0.4 is 10.7 Å². The number of hydrogen-bond donors (Lipinski definition) is 1. The summed E-state index contributed by atoms with van der Waals surface area (Å²) in [4.78, 5) is 6.89. The van der Waals surface area contributed by atoms with E-state index < -0.39 is 0 Å². The number of benzene rings is 1. The molecule has 0 spiro atoms. The maximum Gasteiger partial charge on any atom is 0.176 e. The maximum atomic E-state index is 5.72. The predicted molar refractivity (Wildman–Crippen MR) is 115 cm³/mol. The normalized spacial score (nSPS) is 22.5. The molecule has 0 atom stereocenters. The fourth-order valence-electron chi connectivity index (χ4n) is 3.72. The molecule has 28 heavy (non-hydrogen) atoms. The summed E-state index contributed by atoms with van der Waals surface area (Å²) < 4.78 is 11.4. The number of hydrazone groups is 1. The number of aryl methyl sites for hydroxylation is 1. The zero-order valence-electron chi connectivity index (χ0n) is 17.9. The van der Waals surface area contributed by atoms with Gasteiger partial charge in [0.1, 0.15) is 5.71 Å². The Hall–Kier alpha value is -1.92. The van der Waals surface area contributed by atoms with Crippen LogP contribution in [0.2, 0.25) is 0 Å². The summed E-state index contributed by atoms with van der Waals surface area (Å²) in [5.41, 5.74) is 4.67. The molecule has 0 unspecified atom stereocenters. The molecule has 2 aliphatic heterocycles. The highest BCUT2D eigenvalue weighted by Gasteiger charge is 2.34. The number of ether oxygens (including phenoxy) is 2. The molecule has 3 rings (SSSR count). The van der Waals surface area contributed by atoms with Crippen LogP contribution in [0, 0.1) is 10.8 Å². The first-order chi connectivity index (χ1) is 13.2. The third-order valence-electron chi connectivity index (χ3n) is 5.28. The van der Waals surface area contributed by atoms with Gasteiger partial charge in [0.25, 0.3) is 0 Å². The average molecular weight is 387 g/mol. The van der Waals surface area contributed by atoms with Crippen LogP contribution in [-0.2, 0) is 15.9 Å². The summed E-state index contributed by atoms with van der Waals surface area (Å²) in [6.07, 6.45) is 2.34. The summed E-state index contributed by atoms with van der Waals surface area (Å²) in [6.45, 7) is 15.0. The fraction of sp³-hybridized carbons (Fsp3) is 0.636. The second-order valence-electron chi connectivity index (χ2n) is 9.44. The zero-order chi connectivity index (χ0) is 20.4. The Morgan fingerprint density at radius 3 is 2.43 bits per heavy atom. The summed E-state index contributed by atoms with van der Waals surface area (Å²) in [6, 6.07) is 6.50. The monoisotopic (exact) mass is 386 g/mol. The standard InChI is InChI=1S/C22H34N4O2/c1-6-16-9-17(26-12-21(2,3)13-26)7-8-18(16)19(25-23)10-24-11-20-27-14-22(4,5)15-28-20/h7-10,20H,6,11-15,23H2,1-5H3/b24-10?,25-19+. The fourth-order valence-corrected chi connectivity index (χ4v) is 3.72. The Kier molecular flexibility index (Phi) is 6.10. The molecular formula is C22H34N4O2. The Bertz CT molecular complexity index is 737. The predicted octanol–water partition coefficient (Wildman–Crippen LogP) is 3.23. The van der Waals surface area contributed by atoms with E-state index in [-0.39, 0.29) is 11.7 Å².